The fourth-order valence-electron chi connectivity index (χ4n) is 1.61. The number of ether oxygens (including phenoxy) is 1. The molecule has 0 aliphatic rings. The van der Waals surface area contributed by atoms with Crippen LogP contribution in [0.1, 0.15) is 44.2 Å². The predicted molar refractivity (Wildman–Crippen MR) is 69.0 cm³/mol. The van der Waals surface area contributed by atoms with Crippen LogP contribution in [0.2, 0.25) is 0 Å². The Kier molecular flexibility index (Phi) is 4.81. The first-order valence-corrected chi connectivity index (χ1v) is 6.02. The molecule has 0 spiro atoms. The normalized spacial score (nSPS) is 12.9. The Bertz CT molecular complexity index is 334. The van der Waals surface area contributed by atoms with Crippen LogP contribution in [-0.4, -0.2) is 12.6 Å². The number of rotatable bonds is 5. The summed E-state index contributed by atoms with van der Waals surface area (Å²) in [5.74, 6) is 1.53. The summed E-state index contributed by atoms with van der Waals surface area (Å²) in [6, 6.07) is 6.44. The van der Waals surface area contributed by atoms with Crippen molar-refractivity contribution >= 4 is 0 Å². The van der Waals surface area contributed by atoms with E-state index in [1.54, 1.807) is 0 Å². The highest BCUT2D eigenvalue weighted by Gasteiger charge is 2.08. The summed E-state index contributed by atoms with van der Waals surface area (Å²) >= 11 is 0. The van der Waals surface area contributed by atoms with Crippen LogP contribution in [0.15, 0.2) is 18.2 Å². The zero-order valence-corrected chi connectivity index (χ0v) is 10.8. The first-order chi connectivity index (χ1) is 7.54. The van der Waals surface area contributed by atoms with Gasteiger partial charge in [-0.3, -0.25) is 0 Å². The van der Waals surface area contributed by atoms with Gasteiger partial charge in [-0.2, -0.15) is 0 Å². The molecule has 0 aromatic heterocycles. The molecule has 0 bridgehead atoms. The average Bonchev–Trinajstić information content (AvgIpc) is 2.21. The zero-order chi connectivity index (χ0) is 12.1. The van der Waals surface area contributed by atoms with E-state index >= 15 is 0 Å². The third-order valence-electron chi connectivity index (χ3n) is 2.78. The van der Waals surface area contributed by atoms with Gasteiger partial charge in [0.05, 0.1) is 6.10 Å². The standard InChI is InChI=1S/C14H23NO/c1-10(2)13-6-5-11(3)14(9-13)16-12(4)7-8-15/h5-6,9-10,12H,7-8,15H2,1-4H3. The van der Waals surface area contributed by atoms with E-state index in [2.05, 4.69) is 45.9 Å². The Morgan fingerprint density at radius 2 is 1.94 bits per heavy atom. The maximum Gasteiger partial charge on any atom is 0.122 e. The van der Waals surface area contributed by atoms with E-state index in [4.69, 9.17) is 10.5 Å². The van der Waals surface area contributed by atoms with E-state index in [0.717, 1.165) is 12.2 Å². The molecule has 2 N–H and O–H groups in total. The smallest absolute Gasteiger partial charge is 0.122 e. The van der Waals surface area contributed by atoms with Gasteiger partial charge in [-0.05, 0) is 49.9 Å². The fourth-order valence-corrected chi connectivity index (χ4v) is 1.61. The molecular weight excluding hydrogens is 198 g/mol. The van der Waals surface area contributed by atoms with Crippen molar-refractivity contribution in [2.24, 2.45) is 5.73 Å². The van der Waals surface area contributed by atoms with Crippen molar-refractivity contribution < 1.29 is 4.74 Å². The molecule has 0 saturated heterocycles. The van der Waals surface area contributed by atoms with Gasteiger partial charge in [-0.15, -0.1) is 0 Å². The lowest BCUT2D eigenvalue weighted by atomic mass is 10.0. The number of hydrogen-bond donors (Lipinski definition) is 1. The average molecular weight is 221 g/mol. The van der Waals surface area contributed by atoms with Crippen LogP contribution in [0, 0.1) is 6.92 Å². The van der Waals surface area contributed by atoms with Crippen molar-refractivity contribution in [3.05, 3.63) is 29.3 Å². The van der Waals surface area contributed by atoms with Crippen LogP contribution in [0.25, 0.3) is 0 Å². The molecule has 0 amide bonds. The van der Waals surface area contributed by atoms with Crippen LogP contribution < -0.4 is 10.5 Å². The summed E-state index contributed by atoms with van der Waals surface area (Å²) in [6.45, 7) is 9.20. The quantitative estimate of drug-likeness (QED) is 0.828. The number of aryl methyl sites for hydroxylation is 1. The van der Waals surface area contributed by atoms with E-state index in [0.29, 0.717) is 12.5 Å². The van der Waals surface area contributed by atoms with Crippen molar-refractivity contribution in [1.82, 2.24) is 0 Å². The molecular formula is C14H23NO. The minimum atomic E-state index is 0.186. The first kappa shape index (κ1) is 13.0. The molecule has 1 aromatic rings. The third kappa shape index (κ3) is 3.53. The highest BCUT2D eigenvalue weighted by atomic mass is 16.5. The van der Waals surface area contributed by atoms with Crippen LogP contribution >= 0.6 is 0 Å². The van der Waals surface area contributed by atoms with E-state index in [9.17, 15) is 0 Å². The summed E-state index contributed by atoms with van der Waals surface area (Å²) in [7, 11) is 0. The molecule has 0 aliphatic carbocycles. The van der Waals surface area contributed by atoms with Crippen LogP contribution in [-0.2, 0) is 0 Å². The highest BCUT2D eigenvalue weighted by molar-refractivity contribution is 5.37. The SMILES string of the molecule is Cc1ccc(C(C)C)cc1OC(C)CCN. The summed E-state index contributed by atoms with van der Waals surface area (Å²) in [4.78, 5) is 0. The van der Waals surface area contributed by atoms with Crippen LogP contribution in [0.5, 0.6) is 5.75 Å². The maximum absolute atomic E-state index is 5.90. The van der Waals surface area contributed by atoms with Crippen LogP contribution in [0.3, 0.4) is 0 Å². The van der Waals surface area contributed by atoms with Crippen molar-refractivity contribution in [2.75, 3.05) is 6.54 Å². The molecule has 1 atom stereocenters. The fraction of sp³-hybridized carbons (Fsp3) is 0.571. The lowest BCUT2D eigenvalue weighted by Crippen LogP contribution is -2.17. The van der Waals surface area contributed by atoms with Gasteiger partial charge in [0, 0.05) is 0 Å². The number of benzene rings is 1. The molecule has 90 valence electrons. The van der Waals surface area contributed by atoms with Crippen LogP contribution in [0.4, 0.5) is 0 Å². The second kappa shape index (κ2) is 5.90. The Morgan fingerprint density at radius 3 is 2.50 bits per heavy atom. The molecule has 2 nitrogen and oxygen atoms in total. The second-order valence-electron chi connectivity index (χ2n) is 4.69. The molecule has 0 fully saturated rings. The lowest BCUT2D eigenvalue weighted by Gasteiger charge is -2.17. The molecule has 0 saturated carbocycles. The Morgan fingerprint density at radius 1 is 1.25 bits per heavy atom. The molecule has 1 rings (SSSR count). The molecule has 0 heterocycles. The third-order valence-corrected chi connectivity index (χ3v) is 2.78. The second-order valence-corrected chi connectivity index (χ2v) is 4.69. The zero-order valence-electron chi connectivity index (χ0n) is 10.8. The number of nitrogens with two attached hydrogens (primary N) is 1. The summed E-state index contributed by atoms with van der Waals surface area (Å²) in [6.07, 6.45) is 1.08. The van der Waals surface area contributed by atoms with Crippen molar-refractivity contribution in [3.8, 4) is 5.75 Å². The first-order valence-electron chi connectivity index (χ1n) is 6.02. The molecule has 0 radical (unpaired) electrons. The van der Waals surface area contributed by atoms with E-state index < -0.39 is 0 Å². The maximum atomic E-state index is 5.90. The Hall–Kier alpha value is -1.02. The highest BCUT2D eigenvalue weighted by Crippen LogP contribution is 2.25. The molecule has 1 aromatic carbocycles. The summed E-state index contributed by atoms with van der Waals surface area (Å²) in [5, 5.41) is 0. The summed E-state index contributed by atoms with van der Waals surface area (Å²) in [5.41, 5.74) is 8.03. The van der Waals surface area contributed by atoms with Gasteiger partial charge in [0.1, 0.15) is 5.75 Å². The Labute approximate surface area is 98.8 Å². The summed E-state index contributed by atoms with van der Waals surface area (Å²) < 4.78 is 5.90. The van der Waals surface area contributed by atoms with E-state index in [1.165, 1.54) is 11.1 Å². The molecule has 0 aliphatic heterocycles. The van der Waals surface area contributed by atoms with Gasteiger partial charge in [0.15, 0.2) is 0 Å². The minimum Gasteiger partial charge on any atom is -0.490 e. The van der Waals surface area contributed by atoms with E-state index in [-0.39, 0.29) is 6.10 Å². The van der Waals surface area contributed by atoms with Gasteiger partial charge in [0.25, 0.3) is 0 Å². The molecule has 2 heteroatoms. The van der Waals surface area contributed by atoms with Gasteiger partial charge >= 0.3 is 0 Å². The van der Waals surface area contributed by atoms with E-state index in [1.807, 2.05) is 0 Å². The van der Waals surface area contributed by atoms with Gasteiger partial charge in [-0.25, -0.2) is 0 Å². The van der Waals surface area contributed by atoms with Gasteiger partial charge in [-0.1, -0.05) is 26.0 Å². The Balaban J connectivity index is 2.81. The van der Waals surface area contributed by atoms with Gasteiger partial charge < -0.3 is 10.5 Å². The molecule has 1 unspecified atom stereocenters. The lowest BCUT2D eigenvalue weighted by molar-refractivity contribution is 0.212. The van der Waals surface area contributed by atoms with Gasteiger partial charge in [0.2, 0.25) is 0 Å². The predicted octanol–water partition coefficient (Wildman–Crippen LogP) is 3.23. The van der Waals surface area contributed by atoms with Crippen molar-refractivity contribution in [1.29, 1.82) is 0 Å². The van der Waals surface area contributed by atoms with Crippen molar-refractivity contribution in [2.45, 2.75) is 46.1 Å². The minimum absolute atomic E-state index is 0.186. The van der Waals surface area contributed by atoms with Crippen molar-refractivity contribution in [3.63, 3.8) is 0 Å². The monoisotopic (exact) mass is 221 g/mol. The number of hydrogen-bond acceptors (Lipinski definition) is 2. The largest absolute Gasteiger partial charge is 0.490 e. The molecule has 16 heavy (non-hydrogen) atoms. The topological polar surface area (TPSA) is 35.2 Å².